The van der Waals surface area contributed by atoms with Gasteiger partial charge in [-0.15, -0.1) is 0 Å². The van der Waals surface area contributed by atoms with E-state index >= 15 is 0 Å². The van der Waals surface area contributed by atoms with Gasteiger partial charge in [-0.25, -0.2) is 0 Å². The largest absolute Gasteiger partial charge is 0.381 e. The molecule has 3 aliphatic heterocycles. The molecule has 4 heterocycles. The van der Waals surface area contributed by atoms with Crippen LogP contribution >= 0.6 is 0 Å². The van der Waals surface area contributed by atoms with E-state index in [4.69, 9.17) is 9.47 Å². The molecule has 0 aliphatic carbocycles. The van der Waals surface area contributed by atoms with Crippen molar-refractivity contribution >= 4 is 11.8 Å². The summed E-state index contributed by atoms with van der Waals surface area (Å²) in [5.41, 5.74) is 0.822. The first-order valence-corrected chi connectivity index (χ1v) is 9.40. The van der Waals surface area contributed by atoms with Crippen LogP contribution in [0.4, 0.5) is 0 Å². The summed E-state index contributed by atoms with van der Waals surface area (Å²) in [7, 11) is 0. The molecule has 0 aromatic carbocycles. The predicted octanol–water partition coefficient (Wildman–Crippen LogP) is 0.740. The van der Waals surface area contributed by atoms with Gasteiger partial charge >= 0.3 is 0 Å². The lowest BCUT2D eigenvalue weighted by molar-refractivity contribution is -0.145. The van der Waals surface area contributed by atoms with Crippen molar-refractivity contribution in [3.05, 3.63) is 30.1 Å². The van der Waals surface area contributed by atoms with E-state index in [0.717, 1.165) is 18.5 Å². The van der Waals surface area contributed by atoms with E-state index in [1.165, 1.54) is 0 Å². The summed E-state index contributed by atoms with van der Waals surface area (Å²) >= 11 is 0. The van der Waals surface area contributed by atoms with E-state index in [0.29, 0.717) is 39.3 Å². The first-order valence-electron chi connectivity index (χ1n) is 9.40. The van der Waals surface area contributed by atoms with Crippen molar-refractivity contribution in [3.63, 3.8) is 0 Å². The number of fused-ring (bicyclic) bond motifs is 1. The zero-order chi connectivity index (χ0) is 17.9. The minimum atomic E-state index is -0.246. The Morgan fingerprint density at radius 1 is 1.23 bits per heavy atom. The van der Waals surface area contributed by atoms with Crippen LogP contribution in [0.5, 0.6) is 0 Å². The molecule has 0 radical (unpaired) electrons. The third kappa shape index (κ3) is 3.59. The number of piperidine rings is 1. The highest BCUT2D eigenvalue weighted by Gasteiger charge is 2.45. The van der Waals surface area contributed by atoms with Gasteiger partial charge in [-0.05, 0) is 31.4 Å². The standard InChI is InChI=1S/C19H25N3O4/c23-18(21-10-15-3-1-2-6-20-15)14-9-17-16(5-8-26-17)22(11-14)19(24)13-4-7-25-12-13/h1-3,6,13-14,16-17H,4-5,7-12H2,(H,21,23)/t13?,14-,16-,17-/m1/s1. The van der Waals surface area contributed by atoms with E-state index in [9.17, 15) is 9.59 Å². The van der Waals surface area contributed by atoms with Gasteiger partial charge in [0.1, 0.15) is 0 Å². The fourth-order valence-corrected chi connectivity index (χ4v) is 4.18. The average Bonchev–Trinajstić information content (AvgIpc) is 3.37. The number of likely N-dealkylation sites (tertiary alicyclic amines) is 1. The van der Waals surface area contributed by atoms with Crippen molar-refractivity contribution in [3.8, 4) is 0 Å². The molecule has 4 rings (SSSR count). The summed E-state index contributed by atoms with van der Waals surface area (Å²) < 4.78 is 11.2. The Balaban J connectivity index is 1.41. The predicted molar refractivity (Wildman–Crippen MR) is 93.0 cm³/mol. The maximum atomic E-state index is 12.9. The van der Waals surface area contributed by atoms with Crippen LogP contribution in [-0.2, 0) is 25.6 Å². The molecule has 1 N–H and O–H groups in total. The number of ether oxygens (including phenoxy) is 2. The fraction of sp³-hybridized carbons (Fsp3) is 0.632. The van der Waals surface area contributed by atoms with Crippen LogP contribution in [-0.4, -0.2) is 60.2 Å². The van der Waals surface area contributed by atoms with Gasteiger partial charge in [-0.1, -0.05) is 6.07 Å². The third-order valence-electron chi connectivity index (χ3n) is 5.61. The number of hydrogen-bond donors (Lipinski definition) is 1. The second-order valence-corrected chi connectivity index (χ2v) is 7.29. The van der Waals surface area contributed by atoms with Crippen molar-refractivity contribution in [1.29, 1.82) is 0 Å². The molecule has 1 unspecified atom stereocenters. The molecule has 140 valence electrons. The van der Waals surface area contributed by atoms with Crippen LogP contribution in [0.1, 0.15) is 25.0 Å². The van der Waals surface area contributed by atoms with Crippen LogP contribution in [0, 0.1) is 11.8 Å². The SMILES string of the molecule is O=C(NCc1ccccn1)[C@@H]1C[C@H]2OCC[C@H]2N(C(=O)C2CCOC2)C1. The summed E-state index contributed by atoms with van der Waals surface area (Å²) in [6.07, 6.45) is 3.96. The molecule has 2 amide bonds. The van der Waals surface area contributed by atoms with Crippen LogP contribution in [0.3, 0.4) is 0 Å². The Kier molecular flexibility index (Phi) is 5.17. The Morgan fingerprint density at radius 2 is 2.15 bits per heavy atom. The summed E-state index contributed by atoms with van der Waals surface area (Å²) in [6, 6.07) is 5.73. The third-order valence-corrected chi connectivity index (χ3v) is 5.61. The summed E-state index contributed by atoms with van der Waals surface area (Å²) in [6.45, 7) is 2.65. The maximum Gasteiger partial charge on any atom is 0.228 e. The van der Waals surface area contributed by atoms with Crippen molar-refractivity contribution in [1.82, 2.24) is 15.2 Å². The van der Waals surface area contributed by atoms with Crippen LogP contribution in [0.25, 0.3) is 0 Å². The van der Waals surface area contributed by atoms with Gasteiger partial charge in [0.05, 0.1) is 42.8 Å². The highest BCUT2D eigenvalue weighted by Crippen LogP contribution is 2.33. The molecule has 7 heteroatoms. The number of hydrogen-bond acceptors (Lipinski definition) is 5. The number of nitrogens with one attached hydrogen (secondary N) is 1. The number of carbonyl (C=O) groups is 2. The molecule has 1 aromatic rings. The van der Waals surface area contributed by atoms with Crippen molar-refractivity contribution in [2.75, 3.05) is 26.4 Å². The minimum absolute atomic E-state index is 0.0370. The molecule has 3 fully saturated rings. The fourth-order valence-electron chi connectivity index (χ4n) is 4.18. The van der Waals surface area contributed by atoms with Crippen molar-refractivity contribution < 1.29 is 19.1 Å². The van der Waals surface area contributed by atoms with Crippen LogP contribution in [0.2, 0.25) is 0 Å². The topological polar surface area (TPSA) is 80.8 Å². The van der Waals surface area contributed by atoms with Gasteiger partial charge in [0.2, 0.25) is 11.8 Å². The molecule has 26 heavy (non-hydrogen) atoms. The molecule has 1 aromatic heterocycles. The highest BCUT2D eigenvalue weighted by molar-refractivity contribution is 5.83. The van der Waals surface area contributed by atoms with E-state index in [1.807, 2.05) is 23.1 Å². The molecular weight excluding hydrogens is 334 g/mol. The first-order chi connectivity index (χ1) is 12.7. The van der Waals surface area contributed by atoms with Gasteiger partial charge in [0, 0.05) is 26.0 Å². The first kappa shape index (κ1) is 17.4. The Hall–Kier alpha value is -1.99. The number of amides is 2. The van der Waals surface area contributed by atoms with Gasteiger partial charge < -0.3 is 19.7 Å². The normalized spacial score (nSPS) is 30.8. The smallest absolute Gasteiger partial charge is 0.228 e. The molecule has 3 aliphatic rings. The second-order valence-electron chi connectivity index (χ2n) is 7.29. The lowest BCUT2D eigenvalue weighted by Gasteiger charge is -2.41. The molecule has 7 nitrogen and oxygen atoms in total. The van der Waals surface area contributed by atoms with Crippen molar-refractivity contribution in [2.45, 2.75) is 38.0 Å². The Labute approximate surface area is 153 Å². The summed E-state index contributed by atoms with van der Waals surface area (Å²) in [5, 5.41) is 2.96. The van der Waals surface area contributed by atoms with Crippen LogP contribution < -0.4 is 5.32 Å². The zero-order valence-electron chi connectivity index (χ0n) is 14.8. The lowest BCUT2D eigenvalue weighted by atomic mass is 9.88. The Bertz CT molecular complexity index is 647. The van der Waals surface area contributed by atoms with Crippen LogP contribution in [0.15, 0.2) is 24.4 Å². The average molecular weight is 359 g/mol. The van der Waals surface area contributed by atoms with E-state index in [-0.39, 0.29) is 35.8 Å². The van der Waals surface area contributed by atoms with E-state index in [2.05, 4.69) is 10.3 Å². The van der Waals surface area contributed by atoms with Gasteiger partial charge in [0.15, 0.2) is 0 Å². The molecule has 3 saturated heterocycles. The quantitative estimate of drug-likeness (QED) is 0.858. The molecular formula is C19H25N3O4. The number of aromatic nitrogens is 1. The Morgan fingerprint density at radius 3 is 2.92 bits per heavy atom. The molecule has 0 bridgehead atoms. The monoisotopic (exact) mass is 359 g/mol. The zero-order valence-corrected chi connectivity index (χ0v) is 14.8. The maximum absolute atomic E-state index is 12.9. The van der Waals surface area contributed by atoms with Gasteiger partial charge in [-0.3, -0.25) is 14.6 Å². The minimum Gasteiger partial charge on any atom is -0.381 e. The second kappa shape index (κ2) is 7.72. The molecule has 0 spiro atoms. The van der Waals surface area contributed by atoms with Gasteiger partial charge in [-0.2, -0.15) is 0 Å². The van der Waals surface area contributed by atoms with E-state index < -0.39 is 0 Å². The number of pyridine rings is 1. The summed E-state index contributed by atoms with van der Waals surface area (Å²) in [4.78, 5) is 31.8. The molecule has 4 atom stereocenters. The number of rotatable bonds is 4. The lowest BCUT2D eigenvalue weighted by Crippen LogP contribution is -2.56. The number of nitrogens with zero attached hydrogens (tertiary/aromatic N) is 2. The van der Waals surface area contributed by atoms with E-state index in [1.54, 1.807) is 6.20 Å². The number of carbonyl (C=O) groups excluding carboxylic acids is 2. The van der Waals surface area contributed by atoms with Crippen molar-refractivity contribution in [2.24, 2.45) is 11.8 Å². The van der Waals surface area contributed by atoms with Gasteiger partial charge in [0.25, 0.3) is 0 Å². The highest BCUT2D eigenvalue weighted by atomic mass is 16.5. The molecule has 0 saturated carbocycles. The summed E-state index contributed by atoms with van der Waals surface area (Å²) in [5.74, 6) is -0.244.